The van der Waals surface area contributed by atoms with Crippen molar-refractivity contribution in [3.05, 3.63) is 63.7 Å². The second-order valence-electron chi connectivity index (χ2n) is 7.80. The summed E-state index contributed by atoms with van der Waals surface area (Å²) in [7, 11) is 3.01. The zero-order valence-corrected chi connectivity index (χ0v) is 19.5. The van der Waals surface area contributed by atoms with Gasteiger partial charge in [-0.1, -0.05) is 43.5 Å². The van der Waals surface area contributed by atoms with Crippen LogP contribution in [-0.2, 0) is 9.59 Å². The van der Waals surface area contributed by atoms with E-state index in [1.165, 1.54) is 12.0 Å². The molecule has 1 fully saturated rings. The molecule has 0 saturated carbocycles. The number of carbonyl (C=O) groups excluding carboxylic acids is 2. The largest absolute Gasteiger partial charge is 0.507 e. The minimum absolute atomic E-state index is 0.0247. The van der Waals surface area contributed by atoms with Gasteiger partial charge < -0.3 is 19.5 Å². The molecule has 0 bridgehead atoms. The number of aliphatic hydroxyl groups is 1. The third-order valence-corrected chi connectivity index (χ3v) is 5.90. The van der Waals surface area contributed by atoms with Gasteiger partial charge in [0, 0.05) is 6.54 Å². The van der Waals surface area contributed by atoms with Crippen LogP contribution in [0.5, 0.6) is 11.5 Å². The maximum Gasteiger partial charge on any atom is 0.295 e. The molecule has 1 N–H and O–H groups in total. The van der Waals surface area contributed by atoms with Gasteiger partial charge in [0.05, 0.1) is 36.4 Å². The van der Waals surface area contributed by atoms with E-state index in [0.717, 1.165) is 24.8 Å². The van der Waals surface area contributed by atoms with Crippen molar-refractivity contribution < 1.29 is 24.2 Å². The Hall–Kier alpha value is -2.99. The number of aryl methyl sites for hydroxylation is 1. The fourth-order valence-corrected chi connectivity index (χ4v) is 4.38. The molecule has 2 aromatic carbocycles. The summed E-state index contributed by atoms with van der Waals surface area (Å²) in [6, 6.07) is 9.82. The first kappa shape index (κ1) is 23.7. The topological polar surface area (TPSA) is 76.1 Å². The van der Waals surface area contributed by atoms with Gasteiger partial charge in [-0.2, -0.15) is 0 Å². The highest BCUT2D eigenvalue weighted by Crippen LogP contribution is 2.43. The van der Waals surface area contributed by atoms with Crippen LogP contribution in [-0.4, -0.2) is 42.5 Å². The summed E-state index contributed by atoms with van der Waals surface area (Å²) in [6.45, 7) is 4.31. The number of benzene rings is 2. The fraction of sp³-hybridized carbons (Fsp3) is 0.360. The molecule has 2 aromatic rings. The van der Waals surface area contributed by atoms with Crippen molar-refractivity contribution in [1.29, 1.82) is 0 Å². The highest BCUT2D eigenvalue weighted by Gasteiger charge is 2.46. The maximum absolute atomic E-state index is 13.1. The second-order valence-corrected chi connectivity index (χ2v) is 8.21. The number of nitrogens with zero attached hydrogens (tertiary/aromatic N) is 1. The number of ketones is 1. The Labute approximate surface area is 193 Å². The van der Waals surface area contributed by atoms with Crippen LogP contribution in [0.3, 0.4) is 0 Å². The normalized spacial score (nSPS) is 17.7. The second kappa shape index (κ2) is 10.1. The molecular formula is C25H28ClNO5. The first-order chi connectivity index (χ1) is 15.3. The molecule has 0 aromatic heterocycles. The zero-order valence-electron chi connectivity index (χ0n) is 18.8. The Morgan fingerprint density at radius 2 is 1.78 bits per heavy atom. The SMILES string of the molecule is CCCCCN1C(=O)C(=O)/C(=C(/O)c2cc(C)cc(Cl)c2OC)C1c1ccc(OC)cc1. The van der Waals surface area contributed by atoms with Gasteiger partial charge in [-0.15, -0.1) is 0 Å². The predicted molar refractivity (Wildman–Crippen MR) is 124 cm³/mol. The van der Waals surface area contributed by atoms with Crippen molar-refractivity contribution in [1.82, 2.24) is 4.90 Å². The van der Waals surface area contributed by atoms with Crippen LogP contribution in [0.1, 0.15) is 48.9 Å². The number of likely N-dealkylation sites (tertiary alicyclic amines) is 1. The molecule has 1 aliphatic rings. The lowest BCUT2D eigenvalue weighted by Crippen LogP contribution is -2.30. The van der Waals surface area contributed by atoms with Crippen molar-refractivity contribution in [3.63, 3.8) is 0 Å². The van der Waals surface area contributed by atoms with Gasteiger partial charge in [0.25, 0.3) is 11.7 Å². The van der Waals surface area contributed by atoms with E-state index in [-0.39, 0.29) is 22.6 Å². The van der Waals surface area contributed by atoms with Crippen LogP contribution in [0.15, 0.2) is 42.0 Å². The number of aliphatic hydroxyl groups excluding tert-OH is 1. The molecule has 32 heavy (non-hydrogen) atoms. The van der Waals surface area contributed by atoms with E-state index >= 15 is 0 Å². The van der Waals surface area contributed by atoms with Crippen molar-refractivity contribution in [2.45, 2.75) is 39.2 Å². The Kier molecular flexibility index (Phi) is 7.46. The Morgan fingerprint density at radius 1 is 1.09 bits per heavy atom. The van der Waals surface area contributed by atoms with E-state index in [1.54, 1.807) is 43.5 Å². The molecule has 170 valence electrons. The number of unbranched alkanes of at least 4 members (excludes halogenated alkanes) is 2. The minimum atomic E-state index is -0.723. The number of halogens is 1. The summed E-state index contributed by atoms with van der Waals surface area (Å²) in [4.78, 5) is 27.7. The van der Waals surface area contributed by atoms with Crippen LogP contribution < -0.4 is 9.47 Å². The van der Waals surface area contributed by atoms with E-state index in [9.17, 15) is 14.7 Å². The Morgan fingerprint density at radius 3 is 2.38 bits per heavy atom. The summed E-state index contributed by atoms with van der Waals surface area (Å²) < 4.78 is 10.6. The number of methoxy groups -OCH3 is 2. The highest BCUT2D eigenvalue weighted by molar-refractivity contribution is 6.46. The number of ether oxygens (including phenoxy) is 2. The van der Waals surface area contributed by atoms with Crippen LogP contribution in [0, 0.1) is 6.92 Å². The van der Waals surface area contributed by atoms with Gasteiger partial charge >= 0.3 is 0 Å². The number of carbonyl (C=O) groups is 2. The lowest BCUT2D eigenvalue weighted by atomic mass is 9.94. The molecular weight excluding hydrogens is 430 g/mol. The van der Waals surface area contributed by atoms with E-state index in [1.807, 2.05) is 6.92 Å². The number of rotatable bonds is 8. The zero-order chi connectivity index (χ0) is 23.4. The first-order valence-corrected chi connectivity index (χ1v) is 11.0. The van der Waals surface area contributed by atoms with Crippen molar-refractivity contribution in [3.8, 4) is 11.5 Å². The molecule has 1 saturated heterocycles. The first-order valence-electron chi connectivity index (χ1n) is 10.6. The monoisotopic (exact) mass is 457 g/mol. The maximum atomic E-state index is 13.1. The number of Topliss-reactive ketones (excluding diaryl/α,β-unsaturated/α-hetero) is 1. The number of hydrogen-bond donors (Lipinski definition) is 1. The van der Waals surface area contributed by atoms with E-state index in [4.69, 9.17) is 21.1 Å². The molecule has 6 nitrogen and oxygen atoms in total. The van der Waals surface area contributed by atoms with Gasteiger partial charge in [-0.05, 0) is 48.7 Å². The van der Waals surface area contributed by atoms with Crippen molar-refractivity contribution >= 4 is 29.1 Å². The van der Waals surface area contributed by atoms with E-state index < -0.39 is 17.7 Å². The van der Waals surface area contributed by atoms with Gasteiger partial charge in [0.1, 0.15) is 17.3 Å². The summed E-state index contributed by atoms with van der Waals surface area (Å²) in [5, 5.41) is 11.6. The Bertz CT molecular complexity index is 1050. The van der Waals surface area contributed by atoms with Gasteiger partial charge in [-0.25, -0.2) is 0 Å². The molecule has 1 atom stereocenters. The third kappa shape index (κ3) is 4.46. The molecule has 1 amide bonds. The number of amides is 1. The predicted octanol–water partition coefficient (Wildman–Crippen LogP) is 5.28. The molecule has 1 unspecified atom stereocenters. The molecule has 1 aliphatic heterocycles. The van der Waals surface area contributed by atoms with Crippen LogP contribution in [0.25, 0.3) is 5.76 Å². The molecule has 0 spiro atoms. The summed E-state index contributed by atoms with van der Waals surface area (Å²) in [6.07, 6.45) is 2.67. The van der Waals surface area contributed by atoms with Gasteiger partial charge in [0.2, 0.25) is 0 Å². The standard InChI is InChI=1S/C25H28ClNO5/c1-5-6-7-12-27-21(16-8-10-17(31-3)11-9-16)20(23(29)25(27)30)22(28)18-13-15(2)14-19(26)24(18)32-4/h8-11,13-14,21,28H,5-7,12H2,1-4H3/b22-20+. The minimum Gasteiger partial charge on any atom is -0.507 e. The van der Waals surface area contributed by atoms with Crippen LogP contribution >= 0.6 is 11.6 Å². The van der Waals surface area contributed by atoms with Gasteiger partial charge in [-0.3, -0.25) is 9.59 Å². The van der Waals surface area contributed by atoms with Gasteiger partial charge in [0.15, 0.2) is 0 Å². The van der Waals surface area contributed by atoms with Crippen LogP contribution in [0.2, 0.25) is 5.02 Å². The fourth-order valence-electron chi connectivity index (χ4n) is 4.03. The molecule has 3 rings (SSSR count). The number of hydrogen-bond acceptors (Lipinski definition) is 5. The molecule has 0 radical (unpaired) electrons. The molecule has 7 heteroatoms. The summed E-state index contributed by atoms with van der Waals surface area (Å²) in [5.74, 6) is -0.741. The van der Waals surface area contributed by atoms with E-state index in [2.05, 4.69) is 6.92 Å². The Balaban J connectivity index is 2.20. The average Bonchev–Trinajstić information content (AvgIpc) is 3.03. The average molecular weight is 458 g/mol. The highest BCUT2D eigenvalue weighted by atomic mass is 35.5. The molecule has 0 aliphatic carbocycles. The van der Waals surface area contributed by atoms with Crippen molar-refractivity contribution in [2.24, 2.45) is 0 Å². The van der Waals surface area contributed by atoms with Crippen molar-refractivity contribution in [2.75, 3.05) is 20.8 Å². The third-order valence-electron chi connectivity index (χ3n) is 5.62. The lowest BCUT2D eigenvalue weighted by molar-refractivity contribution is -0.139. The lowest BCUT2D eigenvalue weighted by Gasteiger charge is -2.25. The smallest absolute Gasteiger partial charge is 0.295 e. The quantitative estimate of drug-likeness (QED) is 0.252. The summed E-state index contributed by atoms with van der Waals surface area (Å²) >= 11 is 6.32. The summed E-state index contributed by atoms with van der Waals surface area (Å²) in [5.41, 5.74) is 1.80. The molecule has 1 heterocycles. The van der Waals surface area contributed by atoms with E-state index in [0.29, 0.717) is 22.9 Å². The van der Waals surface area contributed by atoms with Crippen LogP contribution in [0.4, 0.5) is 0 Å².